The summed E-state index contributed by atoms with van der Waals surface area (Å²) in [5.74, 6) is -0.0967. The lowest BCUT2D eigenvalue weighted by molar-refractivity contribution is -0.121. The molecule has 0 aliphatic carbocycles. The minimum absolute atomic E-state index is 0.0633. The van der Waals surface area contributed by atoms with Crippen LogP contribution in [0.1, 0.15) is 5.56 Å². The number of sulfonamides is 1. The second-order valence-electron chi connectivity index (χ2n) is 5.67. The Bertz CT molecular complexity index is 975. The lowest BCUT2D eigenvalue weighted by Crippen LogP contribution is -2.36. The first-order chi connectivity index (χ1) is 13.3. The molecular formula is C18H21N3O6S. The number of phenolic OH excluding ortho intramolecular Hbond substituents is 1. The molecule has 10 heteroatoms. The van der Waals surface area contributed by atoms with Crippen molar-refractivity contribution in [1.29, 1.82) is 0 Å². The zero-order valence-electron chi connectivity index (χ0n) is 15.6. The molecule has 0 saturated carbocycles. The minimum Gasteiger partial charge on any atom is -0.508 e. The maximum absolute atomic E-state index is 12.8. The van der Waals surface area contributed by atoms with E-state index in [2.05, 4.69) is 10.5 Å². The highest BCUT2D eigenvalue weighted by atomic mass is 32.2. The maximum Gasteiger partial charge on any atom is 0.255 e. The number of rotatable bonds is 8. The molecular weight excluding hydrogens is 386 g/mol. The molecule has 0 aliphatic heterocycles. The summed E-state index contributed by atoms with van der Waals surface area (Å²) in [6.07, 6.45) is 1.33. The van der Waals surface area contributed by atoms with Crippen LogP contribution in [0.15, 0.2) is 52.5 Å². The van der Waals surface area contributed by atoms with E-state index in [1.807, 2.05) is 0 Å². The average Bonchev–Trinajstić information content (AvgIpc) is 2.67. The first kappa shape index (κ1) is 21.2. The highest BCUT2D eigenvalue weighted by Crippen LogP contribution is 2.30. The number of nitrogens with one attached hydrogen (secondary N) is 1. The van der Waals surface area contributed by atoms with E-state index in [0.717, 1.165) is 4.31 Å². The molecule has 2 rings (SSSR count). The molecule has 0 bridgehead atoms. The second-order valence-corrected chi connectivity index (χ2v) is 7.68. The predicted octanol–water partition coefficient (Wildman–Crippen LogP) is 1.18. The number of hydrogen-bond acceptors (Lipinski definition) is 7. The number of hydrogen-bond donors (Lipinski definition) is 2. The molecule has 0 saturated heterocycles. The fourth-order valence-corrected chi connectivity index (χ4v) is 3.55. The lowest BCUT2D eigenvalue weighted by Gasteiger charge is -2.18. The number of ether oxygens (including phenoxy) is 2. The summed E-state index contributed by atoms with van der Waals surface area (Å²) in [5, 5.41) is 13.1. The topological polar surface area (TPSA) is 118 Å². The van der Waals surface area contributed by atoms with Crippen LogP contribution in [-0.2, 0) is 14.8 Å². The number of methoxy groups -OCH3 is 2. The smallest absolute Gasteiger partial charge is 0.255 e. The summed E-state index contributed by atoms with van der Waals surface area (Å²) < 4.78 is 36.6. The van der Waals surface area contributed by atoms with Crippen LogP contribution >= 0.6 is 0 Å². The van der Waals surface area contributed by atoms with E-state index in [4.69, 9.17) is 9.47 Å². The molecule has 28 heavy (non-hydrogen) atoms. The van der Waals surface area contributed by atoms with E-state index in [1.165, 1.54) is 51.7 Å². The van der Waals surface area contributed by atoms with Gasteiger partial charge >= 0.3 is 0 Å². The fourth-order valence-electron chi connectivity index (χ4n) is 2.26. The van der Waals surface area contributed by atoms with Crippen LogP contribution in [0.4, 0.5) is 0 Å². The zero-order chi connectivity index (χ0) is 20.7. The van der Waals surface area contributed by atoms with Crippen molar-refractivity contribution in [3.63, 3.8) is 0 Å². The van der Waals surface area contributed by atoms with Crippen LogP contribution in [-0.4, -0.2) is 57.8 Å². The molecule has 0 spiro atoms. The van der Waals surface area contributed by atoms with Crippen molar-refractivity contribution >= 4 is 22.1 Å². The Morgan fingerprint density at radius 1 is 1.21 bits per heavy atom. The number of phenols is 1. The molecule has 0 radical (unpaired) electrons. The molecule has 2 aromatic carbocycles. The molecule has 2 aromatic rings. The Kier molecular flexibility index (Phi) is 6.96. The predicted molar refractivity (Wildman–Crippen MR) is 103 cm³/mol. The van der Waals surface area contributed by atoms with Gasteiger partial charge in [0.25, 0.3) is 5.91 Å². The van der Waals surface area contributed by atoms with Crippen molar-refractivity contribution in [3.05, 3.63) is 48.0 Å². The Balaban J connectivity index is 2.08. The van der Waals surface area contributed by atoms with Crippen molar-refractivity contribution in [3.8, 4) is 17.2 Å². The van der Waals surface area contributed by atoms with Crippen molar-refractivity contribution < 1.29 is 27.8 Å². The van der Waals surface area contributed by atoms with Gasteiger partial charge in [0.2, 0.25) is 10.0 Å². The van der Waals surface area contributed by atoms with E-state index < -0.39 is 22.5 Å². The van der Waals surface area contributed by atoms with Crippen LogP contribution in [0.5, 0.6) is 17.2 Å². The number of aromatic hydroxyl groups is 1. The summed E-state index contributed by atoms with van der Waals surface area (Å²) in [6.45, 7) is -0.458. The third-order valence-electron chi connectivity index (χ3n) is 3.70. The third-order valence-corrected chi connectivity index (χ3v) is 5.52. The number of likely N-dealkylation sites (N-methyl/N-ethyl adjacent to an activating group) is 1. The lowest BCUT2D eigenvalue weighted by atomic mass is 10.2. The normalized spacial score (nSPS) is 11.6. The monoisotopic (exact) mass is 407 g/mol. The quantitative estimate of drug-likeness (QED) is 0.501. The first-order valence-corrected chi connectivity index (χ1v) is 9.51. The summed E-state index contributed by atoms with van der Waals surface area (Å²) in [6, 6.07) is 10.6. The van der Waals surface area contributed by atoms with Crippen LogP contribution in [0.3, 0.4) is 0 Å². The van der Waals surface area contributed by atoms with Crippen LogP contribution in [0.2, 0.25) is 0 Å². The maximum atomic E-state index is 12.8. The number of carbonyl (C=O) groups excluding carboxylic acids is 1. The van der Waals surface area contributed by atoms with Gasteiger partial charge in [-0.05, 0) is 29.8 Å². The van der Waals surface area contributed by atoms with E-state index in [1.54, 1.807) is 18.2 Å². The summed E-state index contributed by atoms with van der Waals surface area (Å²) >= 11 is 0. The molecule has 0 heterocycles. The van der Waals surface area contributed by atoms with Crippen LogP contribution < -0.4 is 14.9 Å². The number of benzene rings is 2. The number of amides is 1. The zero-order valence-corrected chi connectivity index (χ0v) is 16.4. The van der Waals surface area contributed by atoms with Crippen molar-refractivity contribution in [1.82, 2.24) is 9.73 Å². The van der Waals surface area contributed by atoms with Gasteiger partial charge in [-0.3, -0.25) is 4.79 Å². The summed E-state index contributed by atoms with van der Waals surface area (Å²) in [4.78, 5) is 11.9. The Morgan fingerprint density at radius 3 is 2.61 bits per heavy atom. The molecule has 2 N–H and O–H groups in total. The first-order valence-electron chi connectivity index (χ1n) is 8.07. The summed E-state index contributed by atoms with van der Waals surface area (Å²) in [5.41, 5.74) is 2.81. The molecule has 0 unspecified atom stereocenters. The summed E-state index contributed by atoms with van der Waals surface area (Å²) in [7, 11) is 0.0283. The number of hydrazone groups is 1. The van der Waals surface area contributed by atoms with Crippen LogP contribution in [0.25, 0.3) is 0 Å². The van der Waals surface area contributed by atoms with Crippen molar-refractivity contribution in [2.24, 2.45) is 5.10 Å². The van der Waals surface area contributed by atoms with Gasteiger partial charge in [0.05, 0.1) is 27.0 Å². The van der Waals surface area contributed by atoms with Crippen LogP contribution in [0, 0.1) is 0 Å². The largest absolute Gasteiger partial charge is 0.508 e. The number of carbonyl (C=O) groups is 1. The van der Waals surface area contributed by atoms with Gasteiger partial charge in [-0.15, -0.1) is 0 Å². The third kappa shape index (κ3) is 5.21. The van der Waals surface area contributed by atoms with Gasteiger partial charge in [-0.25, -0.2) is 13.8 Å². The fraction of sp³-hybridized carbons (Fsp3) is 0.222. The highest BCUT2D eigenvalue weighted by molar-refractivity contribution is 7.89. The van der Waals surface area contributed by atoms with Gasteiger partial charge in [0.1, 0.15) is 22.1 Å². The molecule has 150 valence electrons. The van der Waals surface area contributed by atoms with E-state index in [-0.39, 0.29) is 16.4 Å². The second kappa shape index (κ2) is 9.20. The molecule has 0 atom stereocenters. The SMILES string of the molecule is COc1ccc(OC)c(S(=O)(=O)N(C)CC(=O)N/N=C/c2cccc(O)c2)c1. The molecule has 0 fully saturated rings. The van der Waals surface area contributed by atoms with Gasteiger partial charge in [-0.1, -0.05) is 12.1 Å². The van der Waals surface area contributed by atoms with E-state index >= 15 is 0 Å². The van der Waals surface area contributed by atoms with Gasteiger partial charge in [0, 0.05) is 13.1 Å². The van der Waals surface area contributed by atoms with E-state index in [0.29, 0.717) is 11.3 Å². The molecule has 0 aliphatic rings. The highest BCUT2D eigenvalue weighted by Gasteiger charge is 2.27. The Hall–Kier alpha value is -3.11. The number of nitrogens with zero attached hydrogens (tertiary/aromatic N) is 2. The van der Waals surface area contributed by atoms with Crippen molar-refractivity contribution in [2.45, 2.75) is 4.90 Å². The average molecular weight is 407 g/mol. The Labute approximate surface area is 163 Å². The standard InChI is InChI=1S/C18H21N3O6S/c1-21(12-18(23)20-19-11-13-5-4-6-14(22)9-13)28(24,25)17-10-15(26-2)7-8-16(17)27-3/h4-11,22H,12H2,1-3H3,(H,20,23)/b19-11+. The van der Waals surface area contributed by atoms with Crippen molar-refractivity contribution in [2.75, 3.05) is 27.8 Å². The Morgan fingerprint density at radius 2 is 1.96 bits per heavy atom. The van der Waals surface area contributed by atoms with Gasteiger partial charge < -0.3 is 14.6 Å². The van der Waals surface area contributed by atoms with Gasteiger partial charge in [-0.2, -0.15) is 9.41 Å². The minimum atomic E-state index is -4.01. The molecule has 9 nitrogen and oxygen atoms in total. The molecule has 0 aromatic heterocycles. The van der Waals surface area contributed by atoms with E-state index in [9.17, 15) is 18.3 Å². The van der Waals surface area contributed by atoms with Gasteiger partial charge in [0.15, 0.2) is 0 Å². The molecule has 1 amide bonds.